The van der Waals surface area contributed by atoms with Gasteiger partial charge in [0.1, 0.15) is 11.2 Å². The van der Waals surface area contributed by atoms with Crippen molar-refractivity contribution >= 4 is 0 Å². The Balaban J connectivity index is 1.17. The van der Waals surface area contributed by atoms with Crippen molar-refractivity contribution in [2.24, 2.45) is 0 Å². The molecular weight excluding hydrogens is 432 g/mol. The fourth-order valence-electron chi connectivity index (χ4n) is 5.46. The SMILES string of the molecule is C[C@@]12O[C@]3(C)CO[C@@H](c4ccccc4)O[C@H]3C[C@H]1O[C@@H](CCCOCc1ccccc1)C[C@@H]2O. The maximum absolute atomic E-state index is 11.1. The Morgan fingerprint density at radius 1 is 0.941 bits per heavy atom. The third-order valence-corrected chi connectivity index (χ3v) is 7.51. The van der Waals surface area contributed by atoms with Crippen molar-refractivity contribution in [2.45, 2.75) is 88.0 Å². The first kappa shape index (κ1) is 23.9. The summed E-state index contributed by atoms with van der Waals surface area (Å²) in [6.45, 7) is 5.68. The van der Waals surface area contributed by atoms with Crippen LogP contribution in [0.15, 0.2) is 60.7 Å². The fraction of sp³-hybridized carbons (Fsp3) is 0.571. The molecule has 3 fully saturated rings. The molecule has 0 saturated carbocycles. The number of ether oxygens (including phenoxy) is 5. The van der Waals surface area contributed by atoms with Crippen molar-refractivity contribution in [3.05, 3.63) is 71.8 Å². The molecule has 0 radical (unpaired) electrons. The fourth-order valence-corrected chi connectivity index (χ4v) is 5.46. The molecule has 3 aliphatic rings. The lowest BCUT2D eigenvalue weighted by atomic mass is 9.76. The molecule has 0 bridgehead atoms. The van der Waals surface area contributed by atoms with Crippen molar-refractivity contribution in [1.29, 1.82) is 0 Å². The van der Waals surface area contributed by atoms with E-state index in [2.05, 4.69) is 12.1 Å². The van der Waals surface area contributed by atoms with E-state index in [0.717, 1.165) is 18.4 Å². The average Bonchev–Trinajstić information content (AvgIpc) is 2.84. The second-order valence-corrected chi connectivity index (χ2v) is 10.2. The zero-order chi connectivity index (χ0) is 23.6. The van der Waals surface area contributed by atoms with Crippen LogP contribution in [-0.4, -0.2) is 53.9 Å². The van der Waals surface area contributed by atoms with Gasteiger partial charge in [-0.15, -0.1) is 0 Å². The van der Waals surface area contributed by atoms with Gasteiger partial charge in [0.15, 0.2) is 6.29 Å². The molecule has 0 unspecified atom stereocenters. The van der Waals surface area contributed by atoms with Crippen LogP contribution in [0.4, 0.5) is 0 Å². The highest BCUT2D eigenvalue weighted by atomic mass is 16.7. The third kappa shape index (κ3) is 4.94. The number of aliphatic hydroxyl groups is 1. The van der Waals surface area contributed by atoms with E-state index >= 15 is 0 Å². The summed E-state index contributed by atoms with van der Waals surface area (Å²) in [6, 6.07) is 20.2. The van der Waals surface area contributed by atoms with Crippen molar-refractivity contribution in [3.8, 4) is 0 Å². The molecule has 0 amide bonds. The zero-order valence-corrected chi connectivity index (χ0v) is 20.1. The topological polar surface area (TPSA) is 66.4 Å². The van der Waals surface area contributed by atoms with Crippen molar-refractivity contribution in [1.82, 2.24) is 0 Å². The molecule has 3 aliphatic heterocycles. The van der Waals surface area contributed by atoms with Gasteiger partial charge in [-0.05, 0) is 32.3 Å². The lowest BCUT2D eigenvalue weighted by Gasteiger charge is -2.59. The predicted octanol–water partition coefficient (Wildman–Crippen LogP) is 4.55. The monoisotopic (exact) mass is 468 g/mol. The molecule has 7 atom stereocenters. The highest BCUT2D eigenvalue weighted by Crippen LogP contribution is 2.48. The Bertz CT molecular complexity index is 923. The van der Waals surface area contributed by atoms with Crippen LogP contribution < -0.4 is 0 Å². The van der Waals surface area contributed by atoms with Gasteiger partial charge >= 0.3 is 0 Å². The van der Waals surface area contributed by atoms with Crippen LogP contribution in [0.2, 0.25) is 0 Å². The first-order valence-corrected chi connectivity index (χ1v) is 12.4. The first-order valence-electron chi connectivity index (χ1n) is 12.4. The third-order valence-electron chi connectivity index (χ3n) is 7.51. The molecule has 6 heteroatoms. The van der Waals surface area contributed by atoms with Gasteiger partial charge in [0, 0.05) is 25.0 Å². The largest absolute Gasteiger partial charge is 0.390 e. The summed E-state index contributed by atoms with van der Waals surface area (Å²) < 4.78 is 31.3. The summed E-state index contributed by atoms with van der Waals surface area (Å²) in [7, 11) is 0. The van der Waals surface area contributed by atoms with Crippen LogP contribution in [-0.2, 0) is 30.3 Å². The summed E-state index contributed by atoms with van der Waals surface area (Å²) in [5.41, 5.74) is 0.766. The lowest BCUT2D eigenvalue weighted by molar-refractivity contribution is -0.384. The Morgan fingerprint density at radius 2 is 1.68 bits per heavy atom. The molecule has 1 N–H and O–H groups in total. The standard InChI is InChI=1S/C28H36O6/c1-27-19-31-26(21-12-7-4-8-13-21)33-24(27)17-25-28(2,34-27)23(29)16-22(32-25)14-9-15-30-18-20-10-5-3-6-11-20/h3-8,10-13,22-26,29H,9,14-19H2,1-2H3/t22-,23-,24-,25+,26+,27+,28-/m0/s1. The van der Waals surface area contributed by atoms with Gasteiger partial charge in [0.25, 0.3) is 0 Å². The number of fused-ring (bicyclic) bond motifs is 2. The average molecular weight is 469 g/mol. The van der Waals surface area contributed by atoms with E-state index in [-0.39, 0.29) is 18.3 Å². The normalized spacial score (nSPS) is 37.6. The predicted molar refractivity (Wildman–Crippen MR) is 127 cm³/mol. The van der Waals surface area contributed by atoms with Gasteiger partial charge in [0.2, 0.25) is 0 Å². The lowest BCUT2D eigenvalue weighted by Crippen LogP contribution is -2.70. The molecule has 3 heterocycles. The molecule has 184 valence electrons. The second-order valence-electron chi connectivity index (χ2n) is 10.2. The maximum atomic E-state index is 11.1. The van der Waals surface area contributed by atoms with Gasteiger partial charge in [0.05, 0.1) is 37.6 Å². The molecular formula is C28H36O6. The van der Waals surface area contributed by atoms with Gasteiger partial charge in [-0.25, -0.2) is 0 Å². The Hall–Kier alpha value is -1.80. The Kier molecular flexibility index (Phi) is 7.07. The van der Waals surface area contributed by atoms with E-state index in [4.69, 9.17) is 23.7 Å². The summed E-state index contributed by atoms with van der Waals surface area (Å²) in [5, 5.41) is 11.1. The van der Waals surface area contributed by atoms with E-state index in [1.54, 1.807) is 0 Å². The molecule has 0 aromatic heterocycles. The van der Waals surface area contributed by atoms with Crippen LogP contribution in [0.5, 0.6) is 0 Å². The van der Waals surface area contributed by atoms with Crippen LogP contribution in [0.25, 0.3) is 0 Å². The quantitative estimate of drug-likeness (QED) is 0.602. The van der Waals surface area contributed by atoms with Crippen LogP contribution >= 0.6 is 0 Å². The van der Waals surface area contributed by atoms with E-state index in [1.165, 1.54) is 5.56 Å². The van der Waals surface area contributed by atoms with E-state index in [0.29, 0.717) is 32.7 Å². The number of hydrogen-bond donors (Lipinski definition) is 1. The Morgan fingerprint density at radius 3 is 2.44 bits per heavy atom. The van der Waals surface area contributed by atoms with Crippen LogP contribution in [0, 0.1) is 0 Å². The minimum Gasteiger partial charge on any atom is -0.390 e. The number of benzene rings is 2. The van der Waals surface area contributed by atoms with Gasteiger partial charge in [-0.2, -0.15) is 0 Å². The molecule has 3 saturated heterocycles. The molecule has 0 aliphatic carbocycles. The molecule has 6 nitrogen and oxygen atoms in total. The summed E-state index contributed by atoms with van der Waals surface area (Å²) in [4.78, 5) is 0. The second kappa shape index (κ2) is 10.1. The van der Waals surface area contributed by atoms with Crippen LogP contribution in [0.1, 0.15) is 56.9 Å². The molecule has 0 spiro atoms. The van der Waals surface area contributed by atoms with Crippen LogP contribution in [0.3, 0.4) is 0 Å². The maximum Gasteiger partial charge on any atom is 0.184 e. The highest BCUT2D eigenvalue weighted by molar-refractivity contribution is 5.17. The van der Waals surface area contributed by atoms with E-state index in [9.17, 15) is 5.11 Å². The van der Waals surface area contributed by atoms with Gasteiger partial charge < -0.3 is 28.8 Å². The number of rotatable bonds is 7. The molecule has 2 aromatic carbocycles. The summed E-state index contributed by atoms with van der Waals surface area (Å²) in [5.74, 6) is 0. The van der Waals surface area contributed by atoms with Gasteiger partial charge in [-0.3, -0.25) is 0 Å². The van der Waals surface area contributed by atoms with Crippen molar-refractivity contribution in [2.75, 3.05) is 13.2 Å². The molecule has 34 heavy (non-hydrogen) atoms. The Labute approximate surface area is 202 Å². The van der Waals surface area contributed by atoms with Crippen molar-refractivity contribution < 1.29 is 28.8 Å². The highest BCUT2D eigenvalue weighted by Gasteiger charge is 2.60. The summed E-state index contributed by atoms with van der Waals surface area (Å²) >= 11 is 0. The minimum absolute atomic E-state index is 0.0221. The molecule has 2 aromatic rings. The summed E-state index contributed by atoms with van der Waals surface area (Å²) in [6.07, 6.45) is 1.49. The zero-order valence-electron chi connectivity index (χ0n) is 20.1. The first-order chi connectivity index (χ1) is 16.5. The van der Waals surface area contributed by atoms with Crippen molar-refractivity contribution in [3.63, 3.8) is 0 Å². The van der Waals surface area contributed by atoms with Gasteiger partial charge in [-0.1, -0.05) is 60.7 Å². The minimum atomic E-state index is -0.780. The van der Waals surface area contributed by atoms with E-state index in [1.807, 2.05) is 62.4 Å². The van der Waals surface area contributed by atoms with E-state index < -0.39 is 23.6 Å². The number of hydrogen-bond acceptors (Lipinski definition) is 6. The number of aliphatic hydroxyl groups excluding tert-OH is 1. The molecule has 5 rings (SSSR count). The smallest absolute Gasteiger partial charge is 0.184 e.